The van der Waals surface area contributed by atoms with Crippen molar-refractivity contribution < 1.29 is 9.50 Å². The number of pyridine rings is 2. The van der Waals surface area contributed by atoms with Crippen LogP contribution in [0.2, 0.25) is 0 Å². The van der Waals surface area contributed by atoms with Crippen LogP contribution in [0.3, 0.4) is 0 Å². The highest BCUT2D eigenvalue weighted by atomic mass is 19.1. The van der Waals surface area contributed by atoms with Crippen molar-refractivity contribution >= 4 is 21.9 Å². The number of H-pyrrole nitrogens is 2. The van der Waals surface area contributed by atoms with Gasteiger partial charge in [-0.2, -0.15) is 5.10 Å². The molecule has 0 atom stereocenters. The van der Waals surface area contributed by atoms with Crippen molar-refractivity contribution in [3.8, 4) is 39.7 Å². The Balaban J connectivity index is 1.51. The lowest BCUT2D eigenvalue weighted by Crippen LogP contribution is -1.88. The van der Waals surface area contributed by atoms with Crippen molar-refractivity contribution in [1.29, 1.82) is 0 Å². The van der Waals surface area contributed by atoms with E-state index in [0.717, 1.165) is 33.1 Å². The van der Waals surface area contributed by atoms with E-state index in [2.05, 4.69) is 25.1 Å². The van der Waals surface area contributed by atoms with Crippen LogP contribution in [0.15, 0.2) is 67.1 Å². The highest BCUT2D eigenvalue weighted by Crippen LogP contribution is 2.33. The minimum absolute atomic E-state index is 0.102. The zero-order valence-electron chi connectivity index (χ0n) is 17.5. The standard InChI is InChI=1S/C25H17FN6O/c1-13-6-15(8-17(26)7-13)22-24-21(4-5-28-22)29-25(30-24)23-19-10-14(2-3-20(19)31-32-23)16-9-18(33)12-27-11-16/h2-12,33H,1H3,(H,29,30)(H,31,32). The maximum atomic E-state index is 14.0. The molecule has 0 aliphatic rings. The molecule has 3 N–H and O–H groups in total. The van der Waals surface area contributed by atoms with Gasteiger partial charge in [-0.05, 0) is 60.5 Å². The summed E-state index contributed by atoms with van der Waals surface area (Å²) in [7, 11) is 0. The fourth-order valence-corrected chi connectivity index (χ4v) is 4.09. The normalized spacial score (nSPS) is 11.5. The number of hydrogen-bond donors (Lipinski definition) is 3. The third kappa shape index (κ3) is 3.28. The van der Waals surface area contributed by atoms with Crippen LogP contribution in [0.4, 0.5) is 4.39 Å². The molecule has 0 fully saturated rings. The average Bonchev–Trinajstić information content (AvgIpc) is 3.41. The Morgan fingerprint density at radius 3 is 2.64 bits per heavy atom. The topological polar surface area (TPSA) is 103 Å². The molecule has 33 heavy (non-hydrogen) atoms. The van der Waals surface area contributed by atoms with Gasteiger partial charge in [-0.15, -0.1) is 0 Å². The highest BCUT2D eigenvalue weighted by Gasteiger charge is 2.17. The first-order valence-corrected chi connectivity index (χ1v) is 10.3. The van der Waals surface area contributed by atoms with Gasteiger partial charge in [-0.25, -0.2) is 9.37 Å². The number of nitrogens with zero attached hydrogens (tertiary/aromatic N) is 4. The molecule has 6 aromatic rings. The Hall–Kier alpha value is -4.59. The first-order chi connectivity index (χ1) is 16.0. The monoisotopic (exact) mass is 436 g/mol. The Kier molecular flexibility index (Phi) is 4.19. The number of hydrogen-bond acceptors (Lipinski definition) is 5. The quantitative estimate of drug-likeness (QED) is 0.345. The number of halogens is 1. The van der Waals surface area contributed by atoms with Gasteiger partial charge in [0.15, 0.2) is 5.82 Å². The number of aromatic amines is 2. The number of fused-ring (bicyclic) bond motifs is 2. The first kappa shape index (κ1) is 19.1. The summed E-state index contributed by atoms with van der Waals surface area (Å²) in [5.41, 5.74) is 6.68. The molecule has 4 heterocycles. The van der Waals surface area contributed by atoms with Gasteiger partial charge < -0.3 is 10.1 Å². The van der Waals surface area contributed by atoms with E-state index in [1.165, 1.54) is 18.3 Å². The first-order valence-electron chi connectivity index (χ1n) is 10.3. The predicted molar refractivity (Wildman–Crippen MR) is 124 cm³/mol. The Bertz CT molecular complexity index is 1650. The lowest BCUT2D eigenvalue weighted by molar-refractivity contribution is 0.473. The summed E-state index contributed by atoms with van der Waals surface area (Å²) in [5, 5.41) is 18.2. The fourth-order valence-electron chi connectivity index (χ4n) is 4.09. The number of benzene rings is 2. The highest BCUT2D eigenvalue weighted by molar-refractivity contribution is 5.97. The van der Waals surface area contributed by atoms with Crippen LogP contribution in [0.1, 0.15) is 5.56 Å². The van der Waals surface area contributed by atoms with Gasteiger partial charge in [0.2, 0.25) is 0 Å². The van der Waals surface area contributed by atoms with Gasteiger partial charge in [0.1, 0.15) is 22.8 Å². The molecule has 7 nitrogen and oxygen atoms in total. The van der Waals surface area contributed by atoms with Crippen LogP contribution in [0.5, 0.6) is 5.75 Å². The number of aromatic hydroxyl groups is 1. The molecule has 0 radical (unpaired) electrons. The van der Waals surface area contributed by atoms with Gasteiger partial charge in [0.25, 0.3) is 0 Å². The molecule has 160 valence electrons. The molecular weight excluding hydrogens is 419 g/mol. The number of aromatic nitrogens is 6. The van der Waals surface area contributed by atoms with Crippen molar-refractivity contribution in [2.24, 2.45) is 0 Å². The molecular formula is C25H17FN6O. The summed E-state index contributed by atoms with van der Waals surface area (Å²) < 4.78 is 14.0. The maximum absolute atomic E-state index is 14.0. The van der Waals surface area contributed by atoms with Crippen molar-refractivity contribution in [3.63, 3.8) is 0 Å². The van der Waals surface area contributed by atoms with E-state index < -0.39 is 0 Å². The predicted octanol–water partition coefficient (Wildman–Crippen LogP) is 5.38. The molecule has 2 aromatic carbocycles. The van der Waals surface area contributed by atoms with Gasteiger partial charge in [0.05, 0.1) is 22.9 Å². The number of rotatable bonds is 3. The van der Waals surface area contributed by atoms with Crippen LogP contribution < -0.4 is 0 Å². The summed E-state index contributed by atoms with van der Waals surface area (Å²) in [4.78, 5) is 16.6. The van der Waals surface area contributed by atoms with Crippen LogP contribution in [-0.2, 0) is 0 Å². The van der Waals surface area contributed by atoms with Crippen LogP contribution in [0, 0.1) is 12.7 Å². The smallest absolute Gasteiger partial charge is 0.159 e. The summed E-state index contributed by atoms with van der Waals surface area (Å²) in [6.45, 7) is 1.85. The van der Waals surface area contributed by atoms with Crippen LogP contribution in [-0.4, -0.2) is 35.2 Å². The molecule has 6 rings (SSSR count). The lowest BCUT2D eigenvalue weighted by atomic mass is 10.0. The van der Waals surface area contributed by atoms with Crippen LogP contribution in [0.25, 0.3) is 55.8 Å². The molecule has 0 unspecified atom stereocenters. The second-order valence-corrected chi connectivity index (χ2v) is 7.92. The molecule has 0 aliphatic heterocycles. The average molecular weight is 436 g/mol. The second kappa shape index (κ2) is 7.23. The fraction of sp³-hybridized carbons (Fsp3) is 0.0400. The molecule has 4 aromatic heterocycles. The molecule has 0 amide bonds. The van der Waals surface area contributed by atoms with Crippen LogP contribution >= 0.6 is 0 Å². The van der Waals surface area contributed by atoms with Crippen molar-refractivity contribution in [2.75, 3.05) is 0 Å². The molecule has 0 bridgehead atoms. The Labute approximate surface area is 187 Å². The van der Waals surface area contributed by atoms with Crippen molar-refractivity contribution in [2.45, 2.75) is 6.92 Å². The van der Waals surface area contributed by atoms with E-state index >= 15 is 0 Å². The van der Waals surface area contributed by atoms with E-state index in [4.69, 9.17) is 4.98 Å². The lowest BCUT2D eigenvalue weighted by Gasteiger charge is -2.03. The van der Waals surface area contributed by atoms with E-state index in [9.17, 15) is 9.50 Å². The molecule has 0 saturated carbocycles. The van der Waals surface area contributed by atoms with Gasteiger partial charge in [-0.3, -0.25) is 15.1 Å². The molecule has 8 heteroatoms. The Morgan fingerprint density at radius 1 is 0.879 bits per heavy atom. The summed E-state index contributed by atoms with van der Waals surface area (Å²) in [6.07, 6.45) is 4.77. The minimum Gasteiger partial charge on any atom is -0.506 e. The third-order valence-corrected chi connectivity index (χ3v) is 5.56. The molecule has 0 aliphatic carbocycles. The van der Waals surface area contributed by atoms with E-state index in [1.54, 1.807) is 18.5 Å². The third-order valence-electron chi connectivity index (χ3n) is 5.56. The summed E-state index contributed by atoms with van der Waals surface area (Å²) >= 11 is 0. The second-order valence-electron chi connectivity index (χ2n) is 7.92. The molecule has 0 spiro atoms. The minimum atomic E-state index is -0.313. The number of imidazole rings is 1. The Morgan fingerprint density at radius 2 is 1.79 bits per heavy atom. The zero-order chi connectivity index (χ0) is 22.5. The SMILES string of the molecule is Cc1cc(F)cc(-c2nccc3[nH]c(-c4n[nH]c5ccc(-c6cncc(O)c6)cc45)nc23)c1. The van der Waals surface area contributed by atoms with Gasteiger partial charge in [0, 0.05) is 28.9 Å². The van der Waals surface area contributed by atoms with E-state index in [1.807, 2.05) is 37.3 Å². The summed E-state index contributed by atoms with van der Waals surface area (Å²) in [6, 6.07) is 14.2. The summed E-state index contributed by atoms with van der Waals surface area (Å²) in [5.74, 6) is 0.363. The van der Waals surface area contributed by atoms with E-state index in [-0.39, 0.29) is 11.6 Å². The maximum Gasteiger partial charge on any atom is 0.159 e. The largest absolute Gasteiger partial charge is 0.506 e. The van der Waals surface area contributed by atoms with Gasteiger partial charge >= 0.3 is 0 Å². The van der Waals surface area contributed by atoms with Crippen molar-refractivity contribution in [1.82, 2.24) is 30.1 Å². The van der Waals surface area contributed by atoms with E-state index in [0.29, 0.717) is 28.3 Å². The number of aryl methyl sites for hydroxylation is 1. The van der Waals surface area contributed by atoms with Gasteiger partial charge in [-0.1, -0.05) is 6.07 Å². The van der Waals surface area contributed by atoms with Crippen molar-refractivity contribution in [3.05, 3.63) is 78.5 Å². The molecule has 0 saturated heterocycles. The number of nitrogens with one attached hydrogen (secondary N) is 2. The zero-order valence-corrected chi connectivity index (χ0v) is 17.5.